The summed E-state index contributed by atoms with van der Waals surface area (Å²) in [7, 11) is 1.60. The van der Waals surface area contributed by atoms with Gasteiger partial charge in [-0.05, 0) is 47.8 Å². The van der Waals surface area contributed by atoms with Gasteiger partial charge >= 0.3 is 0 Å². The van der Waals surface area contributed by atoms with E-state index >= 15 is 0 Å². The first-order valence-corrected chi connectivity index (χ1v) is 9.55. The van der Waals surface area contributed by atoms with Crippen LogP contribution in [-0.4, -0.2) is 13.0 Å². The first-order chi connectivity index (χ1) is 13.6. The lowest BCUT2D eigenvalue weighted by atomic mass is 10.1. The lowest BCUT2D eigenvalue weighted by Crippen LogP contribution is -2.13. The molecule has 4 aromatic rings. The molecule has 0 aliphatic rings. The van der Waals surface area contributed by atoms with E-state index in [0.29, 0.717) is 28.8 Å². The Labute approximate surface area is 165 Å². The van der Waals surface area contributed by atoms with Crippen LogP contribution in [0.15, 0.2) is 75.3 Å². The van der Waals surface area contributed by atoms with Gasteiger partial charge in [0.05, 0.1) is 18.9 Å². The number of fused-ring (bicyclic) bond motifs is 1. The summed E-state index contributed by atoms with van der Waals surface area (Å²) in [6.45, 7) is 0. The fourth-order valence-corrected chi connectivity index (χ4v) is 3.61. The third-order valence-electron chi connectivity index (χ3n) is 4.30. The number of amides is 1. The smallest absolute Gasteiger partial charge is 0.229 e. The second-order valence-electron chi connectivity index (χ2n) is 6.22. The number of thiophene rings is 1. The van der Waals surface area contributed by atoms with Gasteiger partial charge in [0, 0.05) is 28.3 Å². The molecule has 0 atom stereocenters. The van der Waals surface area contributed by atoms with Gasteiger partial charge < -0.3 is 14.5 Å². The van der Waals surface area contributed by atoms with Crippen LogP contribution in [0.25, 0.3) is 22.3 Å². The minimum absolute atomic E-state index is 0.115. The number of ether oxygens (including phenoxy) is 1. The van der Waals surface area contributed by atoms with E-state index in [-0.39, 0.29) is 11.3 Å². The SMILES string of the molecule is COc1ccc(-c2cc(=O)c3ccc(NC(=O)Cc4cccs4)cc3o2)cc1. The molecule has 0 unspecified atom stereocenters. The van der Waals surface area contributed by atoms with E-state index in [2.05, 4.69) is 5.32 Å². The van der Waals surface area contributed by atoms with E-state index in [0.717, 1.165) is 16.2 Å². The van der Waals surface area contributed by atoms with Crippen LogP contribution in [0, 0.1) is 0 Å². The minimum Gasteiger partial charge on any atom is -0.497 e. The van der Waals surface area contributed by atoms with Crippen molar-refractivity contribution in [3.8, 4) is 17.1 Å². The monoisotopic (exact) mass is 391 g/mol. The zero-order valence-electron chi connectivity index (χ0n) is 15.1. The second-order valence-corrected chi connectivity index (χ2v) is 7.25. The van der Waals surface area contributed by atoms with Gasteiger partial charge in [0.25, 0.3) is 0 Å². The average molecular weight is 391 g/mol. The van der Waals surface area contributed by atoms with Gasteiger partial charge in [0.2, 0.25) is 5.91 Å². The molecule has 28 heavy (non-hydrogen) atoms. The molecule has 0 bridgehead atoms. The van der Waals surface area contributed by atoms with E-state index in [9.17, 15) is 9.59 Å². The fourth-order valence-electron chi connectivity index (χ4n) is 2.91. The Morgan fingerprint density at radius 3 is 2.64 bits per heavy atom. The van der Waals surface area contributed by atoms with Crippen molar-refractivity contribution in [2.24, 2.45) is 0 Å². The Balaban J connectivity index is 1.63. The topological polar surface area (TPSA) is 68.5 Å². The summed E-state index contributed by atoms with van der Waals surface area (Å²) in [6, 6.07) is 17.6. The third-order valence-corrected chi connectivity index (χ3v) is 5.18. The predicted octanol–water partition coefficient (Wildman–Crippen LogP) is 4.71. The summed E-state index contributed by atoms with van der Waals surface area (Å²) in [5.41, 5.74) is 1.65. The zero-order chi connectivity index (χ0) is 19.5. The van der Waals surface area contributed by atoms with E-state index in [1.165, 1.54) is 17.4 Å². The lowest BCUT2D eigenvalue weighted by Gasteiger charge is -2.07. The molecular weight excluding hydrogens is 374 g/mol. The van der Waals surface area contributed by atoms with Crippen LogP contribution in [0.2, 0.25) is 0 Å². The van der Waals surface area contributed by atoms with Crippen LogP contribution in [-0.2, 0) is 11.2 Å². The quantitative estimate of drug-likeness (QED) is 0.535. The van der Waals surface area contributed by atoms with Crippen molar-refractivity contribution in [3.05, 3.63) is 81.1 Å². The number of hydrogen-bond donors (Lipinski definition) is 1. The molecule has 0 aliphatic carbocycles. The molecule has 1 N–H and O–H groups in total. The molecule has 2 aromatic heterocycles. The Morgan fingerprint density at radius 2 is 1.93 bits per heavy atom. The summed E-state index contributed by atoms with van der Waals surface area (Å²) in [5, 5.41) is 5.26. The molecule has 4 rings (SSSR count). The number of carbonyl (C=O) groups excluding carboxylic acids is 1. The lowest BCUT2D eigenvalue weighted by molar-refractivity contribution is -0.115. The number of carbonyl (C=O) groups is 1. The molecule has 5 nitrogen and oxygen atoms in total. The molecule has 6 heteroatoms. The number of benzene rings is 2. The maximum atomic E-state index is 12.5. The maximum Gasteiger partial charge on any atom is 0.229 e. The second kappa shape index (κ2) is 7.70. The van der Waals surface area contributed by atoms with Gasteiger partial charge in [-0.2, -0.15) is 0 Å². The summed E-state index contributed by atoms with van der Waals surface area (Å²) in [5.74, 6) is 1.07. The van der Waals surface area contributed by atoms with Crippen molar-refractivity contribution in [2.75, 3.05) is 12.4 Å². The van der Waals surface area contributed by atoms with Crippen molar-refractivity contribution in [1.29, 1.82) is 0 Å². The highest BCUT2D eigenvalue weighted by atomic mass is 32.1. The normalized spacial score (nSPS) is 10.8. The van der Waals surface area contributed by atoms with Crippen LogP contribution in [0.4, 0.5) is 5.69 Å². The van der Waals surface area contributed by atoms with Crippen LogP contribution in [0.3, 0.4) is 0 Å². The third kappa shape index (κ3) is 3.82. The Bertz CT molecular complexity index is 1180. The summed E-state index contributed by atoms with van der Waals surface area (Å²) < 4.78 is 11.1. The molecule has 0 aliphatic heterocycles. The van der Waals surface area contributed by atoms with Crippen LogP contribution in [0.1, 0.15) is 4.88 Å². The molecule has 2 heterocycles. The first-order valence-electron chi connectivity index (χ1n) is 8.67. The molecule has 0 fully saturated rings. The van der Waals surface area contributed by atoms with Crippen LogP contribution < -0.4 is 15.5 Å². The molecule has 2 aromatic carbocycles. The Hall–Kier alpha value is -3.38. The van der Waals surface area contributed by atoms with E-state index in [1.54, 1.807) is 37.4 Å². The van der Waals surface area contributed by atoms with Gasteiger partial charge in [0.15, 0.2) is 5.43 Å². The standard InChI is InChI=1S/C22H17NO4S/c1-26-16-7-4-14(5-8-16)20-13-19(24)18-9-6-15(11-21(18)27-20)23-22(25)12-17-3-2-10-28-17/h2-11,13H,12H2,1H3,(H,23,25). The highest BCUT2D eigenvalue weighted by Crippen LogP contribution is 2.26. The van der Waals surface area contributed by atoms with Crippen molar-refractivity contribution in [1.82, 2.24) is 0 Å². The number of rotatable bonds is 5. The number of anilines is 1. The van der Waals surface area contributed by atoms with Crippen LogP contribution in [0.5, 0.6) is 5.75 Å². The van der Waals surface area contributed by atoms with E-state index in [4.69, 9.17) is 9.15 Å². The van der Waals surface area contributed by atoms with Gasteiger partial charge in [-0.1, -0.05) is 6.07 Å². The number of nitrogens with one attached hydrogen (secondary N) is 1. The molecular formula is C22H17NO4S. The minimum atomic E-state index is -0.136. The molecule has 0 spiro atoms. The Morgan fingerprint density at radius 1 is 1.11 bits per heavy atom. The zero-order valence-corrected chi connectivity index (χ0v) is 15.9. The fraction of sp³-hybridized carbons (Fsp3) is 0.0909. The highest BCUT2D eigenvalue weighted by Gasteiger charge is 2.10. The van der Waals surface area contributed by atoms with Gasteiger partial charge in [-0.3, -0.25) is 9.59 Å². The highest BCUT2D eigenvalue weighted by molar-refractivity contribution is 7.10. The molecule has 0 saturated heterocycles. The van der Waals surface area contributed by atoms with Crippen molar-refractivity contribution in [3.63, 3.8) is 0 Å². The number of methoxy groups -OCH3 is 1. The molecule has 0 radical (unpaired) electrons. The van der Waals surface area contributed by atoms with Crippen molar-refractivity contribution < 1.29 is 13.9 Å². The summed E-state index contributed by atoms with van der Waals surface area (Å²) in [6.07, 6.45) is 0.311. The van der Waals surface area contributed by atoms with E-state index in [1.807, 2.05) is 29.6 Å². The average Bonchev–Trinajstić information content (AvgIpc) is 3.20. The first kappa shape index (κ1) is 18.0. The Kier molecular flexibility index (Phi) is 4.95. The maximum absolute atomic E-state index is 12.5. The summed E-state index contributed by atoms with van der Waals surface area (Å²) >= 11 is 1.54. The predicted molar refractivity (Wildman–Crippen MR) is 111 cm³/mol. The van der Waals surface area contributed by atoms with Gasteiger partial charge in [-0.15, -0.1) is 11.3 Å². The number of hydrogen-bond acceptors (Lipinski definition) is 5. The van der Waals surface area contributed by atoms with E-state index < -0.39 is 0 Å². The molecule has 0 saturated carbocycles. The van der Waals surface area contributed by atoms with Gasteiger partial charge in [-0.25, -0.2) is 0 Å². The molecule has 1 amide bonds. The molecule has 140 valence electrons. The van der Waals surface area contributed by atoms with Crippen molar-refractivity contribution in [2.45, 2.75) is 6.42 Å². The largest absolute Gasteiger partial charge is 0.497 e. The van der Waals surface area contributed by atoms with Crippen LogP contribution >= 0.6 is 11.3 Å². The van der Waals surface area contributed by atoms with Gasteiger partial charge in [0.1, 0.15) is 17.1 Å². The van der Waals surface area contributed by atoms with Crippen molar-refractivity contribution >= 4 is 33.9 Å². The summed E-state index contributed by atoms with van der Waals surface area (Å²) in [4.78, 5) is 25.7.